The van der Waals surface area contributed by atoms with Crippen LogP contribution in [-0.2, 0) is 0 Å². The van der Waals surface area contributed by atoms with Crippen molar-refractivity contribution < 1.29 is 14.3 Å². The van der Waals surface area contributed by atoms with Gasteiger partial charge in [-0.3, -0.25) is 4.79 Å². The van der Waals surface area contributed by atoms with Gasteiger partial charge in [-0.1, -0.05) is 0 Å². The number of benzene rings is 1. The minimum absolute atomic E-state index is 0.143. The monoisotopic (exact) mass is 277 g/mol. The van der Waals surface area contributed by atoms with Crippen molar-refractivity contribution in [1.82, 2.24) is 14.7 Å². The van der Waals surface area contributed by atoms with Gasteiger partial charge in [0.25, 0.3) is 5.91 Å². The molecule has 1 aromatic carbocycles. The van der Waals surface area contributed by atoms with Crippen molar-refractivity contribution in [3.63, 3.8) is 0 Å². The van der Waals surface area contributed by atoms with E-state index < -0.39 is 5.82 Å². The molecule has 1 atom stereocenters. The van der Waals surface area contributed by atoms with Gasteiger partial charge >= 0.3 is 0 Å². The topological polar surface area (TPSA) is 58.4 Å². The molecular weight excluding hydrogens is 261 g/mol. The number of carbonyl (C=O) groups is 1. The van der Waals surface area contributed by atoms with Crippen molar-refractivity contribution in [1.29, 1.82) is 0 Å². The van der Waals surface area contributed by atoms with Gasteiger partial charge in [0, 0.05) is 25.0 Å². The van der Waals surface area contributed by atoms with Crippen molar-refractivity contribution in [3.05, 3.63) is 48.0 Å². The largest absolute Gasteiger partial charge is 0.394 e. The fraction of sp³-hybridized carbons (Fsp3) is 0.286. The van der Waals surface area contributed by atoms with Crippen LogP contribution < -0.4 is 0 Å². The third-order valence-electron chi connectivity index (χ3n) is 3.19. The molecule has 5 nitrogen and oxygen atoms in total. The van der Waals surface area contributed by atoms with Gasteiger partial charge in [0.2, 0.25) is 0 Å². The third-order valence-corrected chi connectivity index (χ3v) is 3.19. The first kappa shape index (κ1) is 14.2. The maximum atomic E-state index is 14.0. The number of rotatable bonds is 4. The molecule has 1 amide bonds. The lowest BCUT2D eigenvalue weighted by Crippen LogP contribution is -2.37. The Morgan fingerprint density at radius 3 is 2.85 bits per heavy atom. The number of halogens is 1. The van der Waals surface area contributed by atoms with E-state index in [0.29, 0.717) is 0 Å². The highest BCUT2D eigenvalue weighted by Gasteiger charge is 2.18. The van der Waals surface area contributed by atoms with Gasteiger partial charge in [0.15, 0.2) is 0 Å². The Balaban J connectivity index is 2.27. The van der Waals surface area contributed by atoms with Gasteiger partial charge in [-0.2, -0.15) is 5.10 Å². The van der Waals surface area contributed by atoms with E-state index in [2.05, 4.69) is 5.10 Å². The zero-order valence-corrected chi connectivity index (χ0v) is 11.3. The van der Waals surface area contributed by atoms with Crippen LogP contribution in [0.15, 0.2) is 36.7 Å². The molecule has 0 radical (unpaired) electrons. The number of likely N-dealkylation sites (N-methyl/N-ethyl adjacent to an activating group) is 1. The lowest BCUT2D eigenvalue weighted by molar-refractivity contribution is 0.0681. The number of nitrogens with zero attached hydrogens (tertiary/aromatic N) is 3. The summed E-state index contributed by atoms with van der Waals surface area (Å²) in [5, 5.41) is 13.0. The first-order valence-electron chi connectivity index (χ1n) is 6.22. The number of hydrogen-bond acceptors (Lipinski definition) is 3. The first-order chi connectivity index (χ1) is 9.54. The number of aliphatic hydroxyl groups excluding tert-OH is 1. The van der Waals surface area contributed by atoms with E-state index in [4.69, 9.17) is 5.11 Å². The Labute approximate surface area is 116 Å². The maximum absolute atomic E-state index is 14.0. The van der Waals surface area contributed by atoms with Crippen LogP contribution in [0.1, 0.15) is 17.3 Å². The summed E-state index contributed by atoms with van der Waals surface area (Å²) in [4.78, 5) is 13.5. The summed E-state index contributed by atoms with van der Waals surface area (Å²) in [6.07, 6.45) is 3.18. The lowest BCUT2D eigenvalue weighted by atomic mass is 10.1. The Hall–Kier alpha value is -2.21. The number of carbonyl (C=O) groups excluding carboxylic acids is 1. The smallest absolute Gasteiger partial charge is 0.254 e. The Morgan fingerprint density at radius 2 is 2.30 bits per heavy atom. The van der Waals surface area contributed by atoms with Crippen molar-refractivity contribution in [2.24, 2.45) is 0 Å². The molecule has 20 heavy (non-hydrogen) atoms. The molecule has 0 aliphatic carbocycles. The molecule has 1 N–H and O–H groups in total. The zero-order chi connectivity index (χ0) is 14.7. The van der Waals surface area contributed by atoms with E-state index in [9.17, 15) is 9.18 Å². The minimum atomic E-state index is -0.524. The molecule has 0 spiro atoms. The Bertz CT molecular complexity index is 598. The highest BCUT2D eigenvalue weighted by molar-refractivity contribution is 5.94. The maximum Gasteiger partial charge on any atom is 0.254 e. The standard InChI is InChI=1S/C14H16FN3O2/c1-10(9-19)17(2)14(20)11-4-5-13(12(15)8-11)18-7-3-6-16-18/h3-8,10,19H,9H2,1-2H3. The molecule has 0 saturated heterocycles. The molecule has 106 valence electrons. The SMILES string of the molecule is CC(CO)N(C)C(=O)c1ccc(-n2cccn2)c(F)c1. The predicted molar refractivity (Wildman–Crippen MR) is 72.2 cm³/mol. The summed E-state index contributed by atoms with van der Waals surface area (Å²) in [6.45, 7) is 1.57. The molecule has 0 aliphatic rings. The molecular formula is C14H16FN3O2. The van der Waals surface area contributed by atoms with Gasteiger partial charge in [-0.15, -0.1) is 0 Å². The summed E-state index contributed by atoms with van der Waals surface area (Å²) in [6, 6.07) is 5.60. The number of amides is 1. The van der Waals surface area contributed by atoms with Gasteiger partial charge < -0.3 is 10.0 Å². The van der Waals surface area contributed by atoms with Crippen molar-refractivity contribution in [2.75, 3.05) is 13.7 Å². The van der Waals surface area contributed by atoms with Crippen LogP contribution in [-0.4, -0.2) is 45.4 Å². The second-order valence-corrected chi connectivity index (χ2v) is 4.56. The summed E-state index contributed by atoms with van der Waals surface area (Å²) < 4.78 is 15.4. The number of hydrogen-bond donors (Lipinski definition) is 1. The molecule has 0 saturated carbocycles. The summed E-state index contributed by atoms with van der Waals surface area (Å²) >= 11 is 0. The molecule has 1 unspecified atom stereocenters. The predicted octanol–water partition coefficient (Wildman–Crippen LogP) is 1.46. The molecule has 0 bridgehead atoms. The van der Waals surface area contributed by atoms with Crippen LogP contribution in [0.3, 0.4) is 0 Å². The molecule has 2 rings (SSSR count). The minimum Gasteiger partial charge on any atom is -0.394 e. The normalized spacial score (nSPS) is 12.2. The van der Waals surface area contributed by atoms with Crippen molar-refractivity contribution in [2.45, 2.75) is 13.0 Å². The fourth-order valence-corrected chi connectivity index (χ4v) is 1.76. The van der Waals surface area contributed by atoms with E-state index in [-0.39, 0.29) is 29.8 Å². The van der Waals surface area contributed by atoms with Crippen molar-refractivity contribution in [3.8, 4) is 5.69 Å². The van der Waals surface area contributed by atoms with Crippen molar-refractivity contribution >= 4 is 5.91 Å². The fourth-order valence-electron chi connectivity index (χ4n) is 1.76. The third kappa shape index (κ3) is 2.70. The van der Waals surface area contributed by atoms with Crippen LogP contribution in [0, 0.1) is 5.82 Å². The first-order valence-corrected chi connectivity index (χ1v) is 6.22. The van der Waals surface area contributed by atoms with Crippen LogP contribution in [0.4, 0.5) is 4.39 Å². The Morgan fingerprint density at radius 1 is 1.55 bits per heavy atom. The Kier molecular flexibility index (Phi) is 4.14. The highest BCUT2D eigenvalue weighted by atomic mass is 19.1. The summed E-state index contributed by atoms with van der Waals surface area (Å²) in [5.74, 6) is -0.859. The molecule has 0 fully saturated rings. The van der Waals surface area contributed by atoms with Crippen LogP contribution in [0.5, 0.6) is 0 Å². The number of aliphatic hydroxyl groups is 1. The van der Waals surface area contributed by atoms with E-state index >= 15 is 0 Å². The summed E-state index contributed by atoms with van der Waals surface area (Å²) in [5.41, 5.74) is 0.519. The number of aromatic nitrogens is 2. The van der Waals surface area contributed by atoms with E-state index in [1.54, 1.807) is 38.5 Å². The molecule has 6 heteroatoms. The zero-order valence-electron chi connectivity index (χ0n) is 11.3. The van der Waals surface area contributed by atoms with Crippen LogP contribution >= 0.6 is 0 Å². The van der Waals surface area contributed by atoms with E-state index in [0.717, 1.165) is 0 Å². The molecule has 2 aromatic rings. The van der Waals surface area contributed by atoms with E-state index in [1.165, 1.54) is 21.7 Å². The van der Waals surface area contributed by atoms with Crippen LogP contribution in [0.2, 0.25) is 0 Å². The second kappa shape index (κ2) is 5.83. The summed E-state index contributed by atoms with van der Waals surface area (Å²) in [7, 11) is 1.57. The van der Waals surface area contributed by atoms with Gasteiger partial charge in [0.05, 0.1) is 12.6 Å². The van der Waals surface area contributed by atoms with Crippen LogP contribution in [0.25, 0.3) is 5.69 Å². The van der Waals surface area contributed by atoms with E-state index in [1.807, 2.05) is 0 Å². The highest BCUT2D eigenvalue weighted by Crippen LogP contribution is 2.16. The quantitative estimate of drug-likeness (QED) is 0.920. The van der Waals surface area contributed by atoms with Gasteiger partial charge in [-0.25, -0.2) is 9.07 Å². The lowest BCUT2D eigenvalue weighted by Gasteiger charge is -2.23. The van der Waals surface area contributed by atoms with Gasteiger partial charge in [0.1, 0.15) is 11.5 Å². The molecule has 0 aliphatic heterocycles. The molecule has 1 heterocycles. The second-order valence-electron chi connectivity index (χ2n) is 4.56. The molecule has 1 aromatic heterocycles. The average Bonchev–Trinajstić information content (AvgIpc) is 2.98. The van der Waals surface area contributed by atoms with Gasteiger partial charge in [-0.05, 0) is 31.2 Å². The average molecular weight is 277 g/mol.